The Kier molecular flexibility index (Phi) is 3.84. The molecule has 3 atom stereocenters. The molecule has 1 amide bonds. The average Bonchev–Trinajstić information content (AvgIpc) is 2.11. The van der Waals surface area contributed by atoms with E-state index in [0.717, 1.165) is 13.0 Å². The lowest BCUT2D eigenvalue weighted by molar-refractivity contribution is 0.00414. The second kappa shape index (κ2) is 4.62. The highest BCUT2D eigenvalue weighted by molar-refractivity contribution is 5.68. The number of rotatable bonds is 0. The van der Waals surface area contributed by atoms with Gasteiger partial charge in [-0.05, 0) is 40.0 Å². The molecule has 0 aromatic heterocycles. The highest BCUT2D eigenvalue weighted by atomic mass is 16.6. The Labute approximate surface area is 98.1 Å². The fraction of sp³-hybridized carbons (Fsp3) is 0.917. The standard InChI is InChI=1S/C12H24N2O2/c1-8-6-7-14(9(2)10(8)13)11(15)16-12(3,4)5/h8-10H,6-7,13H2,1-5H3/t8-,9-,10+/m1/s1. The van der Waals surface area contributed by atoms with Crippen LogP contribution in [0.15, 0.2) is 0 Å². The first kappa shape index (κ1) is 13.3. The number of piperidine rings is 1. The summed E-state index contributed by atoms with van der Waals surface area (Å²) in [6.45, 7) is 10.5. The molecule has 0 unspecified atom stereocenters. The van der Waals surface area contributed by atoms with Gasteiger partial charge >= 0.3 is 6.09 Å². The number of nitrogens with two attached hydrogens (primary N) is 1. The zero-order valence-corrected chi connectivity index (χ0v) is 11.0. The van der Waals surface area contributed by atoms with Crippen molar-refractivity contribution in [1.82, 2.24) is 4.90 Å². The molecule has 0 aromatic carbocycles. The normalized spacial score (nSPS) is 31.4. The van der Waals surface area contributed by atoms with Gasteiger partial charge in [-0.15, -0.1) is 0 Å². The van der Waals surface area contributed by atoms with Gasteiger partial charge in [-0.25, -0.2) is 4.79 Å². The summed E-state index contributed by atoms with van der Waals surface area (Å²) in [5, 5.41) is 0. The summed E-state index contributed by atoms with van der Waals surface area (Å²) in [7, 11) is 0. The minimum atomic E-state index is -0.441. The molecule has 4 heteroatoms. The third-order valence-electron chi connectivity index (χ3n) is 3.16. The van der Waals surface area contributed by atoms with Crippen LogP contribution in [0.1, 0.15) is 41.0 Å². The average molecular weight is 228 g/mol. The Morgan fingerprint density at radius 3 is 2.44 bits per heavy atom. The molecule has 0 saturated carbocycles. The van der Waals surface area contributed by atoms with E-state index in [-0.39, 0.29) is 18.2 Å². The van der Waals surface area contributed by atoms with E-state index in [1.807, 2.05) is 27.7 Å². The van der Waals surface area contributed by atoms with E-state index in [0.29, 0.717) is 5.92 Å². The zero-order valence-electron chi connectivity index (χ0n) is 11.0. The molecular weight excluding hydrogens is 204 g/mol. The van der Waals surface area contributed by atoms with Gasteiger partial charge < -0.3 is 15.4 Å². The first-order valence-corrected chi connectivity index (χ1v) is 5.97. The van der Waals surface area contributed by atoms with Crippen molar-refractivity contribution in [3.05, 3.63) is 0 Å². The lowest BCUT2D eigenvalue weighted by Crippen LogP contribution is -2.56. The predicted octanol–water partition coefficient (Wildman–Crippen LogP) is 1.98. The molecule has 1 aliphatic rings. The highest BCUT2D eigenvalue weighted by Gasteiger charge is 2.35. The van der Waals surface area contributed by atoms with E-state index in [4.69, 9.17) is 10.5 Å². The Balaban J connectivity index is 2.64. The first-order valence-electron chi connectivity index (χ1n) is 5.97. The topological polar surface area (TPSA) is 55.6 Å². The molecule has 1 fully saturated rings. The minimum Gasteiger partial charge on any atom is -0.444 e. The fourth-order valence-electron chi connectivity index (χ4n) is 2.00. The van der Waals surface area contributed by atoms with Gasteiger partial charge in [-0.1, -0.05) is 6.92 Å². The number of nitrogens with zero attached hydrogens (tertiary/aromatic N) is 1. The molecule has 1 saturated heterocycles. The predicted molar refractivity (Wildman–Crippen MR) is 64.2 cm³/mol. The maximum absolute atomic E-state index is 11.9. The van der Waals surface area contributed by atoms with Crippen LogP contribution >= 0.6 is 0 Å². The zero-order chi connectivity index (χ0) is 12.5. The van der Waals surface area contributed by atoms with Gasteiger partial charge in [0.15, 0.2) is 0 Å². The van der Waals surface area contributed by atoms with Crippen LogP contribution in [-0.2, 0) is 4.74 Å². The van der Waals surface area contributed by atoms with E-state index >= 15 is 0 Å². The Morgan fingerprint density at radius 2 is 1.94 bits per heavy atom. The van der Waals surface area contributed by atoms with Gasteiger partial charge in [0.05, 0.1) is 0 Å². The summed E-state index contributed by atoms with van der Waals surface area (Å²) in [4.78, 5) is 13.7. The van der Waals surface area contributed by atoms with Crippen molar-refractivity contribution in [2.24, 2.45) is 11.7 Å². The number of carbonyl (C=O) groups is 1. The third kappa shape index (κ3) is 3.11. The Hall–Kier alpha value is -0.770. The summed E-state index contributed by atoms with van der Waals surface area (Å²) in [5.74, 6) is 0.466. The van der Waals surface area contributed by atoms with E-state index in [2.05, 4.69) is 6.92 Å². The minimum absolute atomic E-state index is 0.0428. The lowest BCUT2D eigenvalue weighted by atomic mass is 9.89. The molecule has 0 bridgehead atoms. The third-order valence-corrected chi connectivity index (χ3v) is 3.16. The smallest absolute Gasteiger partial charge is 0.410 e. The van der Waals surface area contributed by atoms with Gasteiger partial charge in [0, 0.05) is 18.6 Å². The maximum atomic E-state index is 11.9. The monoisotopic (exact) mass is 228 g/mol. The molecule has 1 rings (SSSR count). The van der Waals surface area contributed by atoms with Crippen LogP contribution in [0.25, 0.3) is 0 Å². The Bertz CT molecular complexity index is 260. The largest absolute Gasteiger partial charge is 0.444 e. The fourth-order valence-corrected chi connectivity index (χ4v) is 2.00. The number of hydrogen-bond acceptors (Lipinski definition) is 3. The first-order chi connectivity index (χ1) is 7.22. The van der Waals surface area contributed by atoms with Gasteiger partial charge in [-0.2, -0.15) is 0 Å². The van der Waals surface area contributed by atoms with Crippen molar-refractivity contribution >= 4 is 6.09 Å². The summed E-state index contributed by atoms with van der Waals surface area (Å²) in [6, 6.07) is 0.0971. The van der Waals surface area contributed by atoms with Gasteiger partial charge in [0.25, 0.3) is 0 Å². The molecular formula is C12H24N2O2. The summed E-state index contributed by atoms with van der Waals surface area (Å²) >= 11 is 0. The molecule has 1 heterocycles. The molecule has 94 valence electrons. The van der Waals surface area contributed by atoms with Crippen molar-refractivity contribution in [2.75, 3.05) is 6.54 Å². The SMILES string of the molecule is C[C@@H]1CCN(C(=O)OC(C)(C)C)[C@H](C)[C@H]1N. The molecule has 0 spiro atoms. The molecule has 4 nitrogen and oxygen atoms in total. The van der Waals surface area contributed by atoms with Crippen LogP contribution < -0.4 is 5.73 Å². The molecule has 1 aliphatic heterocycles. The van der Waals surface area contributed by atoms with Crippen LogP contribution in [0.4, 0.5) is 4.79 Å². The van der Waals surface area contributed by atoms with Gasteiger partial charge in [-0.3, -0.25) is 0 Å². The number of carbonyl (C=O) groups excluding carboxylic acids is 1. The summed E-state index contributed by atoms with van der Waals surface area (Å²) in [5.41, 5.74) is 5.62. The second-order valence-corrected chi connectivity index (χ2v) is 5.76. The molecule has 0 aromatic rings. The van der Waals surface area contributed by atoms with E-state index < -0.39 is 5.60 Å². The van der Waals surface area contributed by atoms with Crippen LogP contribution in [0.5, 0.6) is 0 Å². The molecule has 2 N–H and O–H groups in total. The van der Waals surface area contributed by atoms with Crippen molar-refractivity contribution in [3.8, 4) is 0 Å². The number of likely N-dealkylation sites (tertiary alicyclic amines) is 1. The molecule has 0 aliphatic carbocycles. The molecule has 16 heavy (non-hydrogen) atoms. The quantitative estimate of drug-likeness (QED) is 0.689. The number of hydrogen-bond donors (Lipinski definition) is 1. The van der Waals surface area contributed by atoms with Crippen LogP contribution in [0.3, 0.4) is 0 Å². The van der Waals surface area contributed by atoms with Crippen LogP contribution in [-0.4, -0.2) is 35.2 Å². The van der Waals surface area contributed by atoms with Gasteiger partial charge in [0.1, 0.15) is 5.60 Å². The maximum Gasteiger partial charge on any atom is 0.410 e. The van der Waals surface area contributed by atoms with E-state index in [9.17, 15) is 4.79 Å². The van der Waals surface area contributed by atoms with Gasteiger partial charge in [0.2, 0.25) is 0 Å². The van der Waals surface area contributed by atoms with Crippen LogP contribution in [0.2, 0.25) is 0 Å². The van der Waals surface area contributed by atoms with Crippen LogP contribution in [0, 0.1) is 5.92 Å². The molecule has 0 radical (unpaired) electrons. The van der Waals surface area contributed by atoms with Crippen molar-refractivity contribution in [1.29, 1.82) is 0 Å². The number of amides is 1. The number of ether oxygens (including phenoxy) is 1. The second-order valence-electron chi connectivity index (χ2n) is 5.76. The lowest BCUT2D eigenvalue weighted by Gasteiger charge is -2.41. The van der Waals surface area contributed by atoms with Crippen molar-refractivity contribution in [3.63, 3.8) is 0 Å². The Morgan fingerprint density at radius 1 is 1.38 bits per heavy atom. The highest BCUT2D eigenvalue weighted by Crippen LogP contribution is 2.23. The van der Waals surface area contributed by atoms with E-state index in [1.54, 1.807) is 4.90 Å². The summed E-state index contributed by atoms with van der Waals surface area (Å²) < 4.78 is 5.36. The van der Waals surface area contributed by atoms with E-state index in [1.165, 1.54) is 0 Å². The van der Waals surface area contributed by atoms with Crippen molar-refractivity contribution in [2.45, 2.75) is 58.7 Å². The summed E-state index contributed by atoms with van der Waals surface area (Å²) in [6.07, 6.45) is 0.701. The van der Waals surface area contributed by atoms with Crippen molar-refractivity contribution < 1.29 is 9.53 Å².